The summed E-state index contributed by atoms with van der Waals surface area (Å²) >= 11 is 2.91. The largest absolute Gasteiger partial charge is 0.497 e. The molecule has 166 valence electrons. The maximum atomic E-state index is 12.3. The second-order valence-corrected chi connectivity index (χ2v) is 8.78. The number of nitrogens with zero attached hydrogens (tertiary/aromatic N) is 5. The molecule has 0 radical (unpaired) electrons. The molecule has 0 N–H and O–H groups in total. The van der Waals surface area contributed by atoms with E-state index in [0.29, 0.717) is 33.1 Å². The number of thiazole rings is 1. The van der Waals surface area contributed by atoms with Crippen molar-refractivity contribution in [1.29, 1.82) is 0 Å². The van der Waals surface area contributed by atoms with Crippen LogP contribution in [0.15, 0.2) is 82.2 Å². The zero-order valence-corrected chi connectivity index (χ0v) is 19.3. The summed E-state index contributed by atoms with van der Waals surface area (Å²) in [6.07, 6.45) is 1.73. The third kappa shape index (κ3) is 4.62. The lowest BCUT2D eigenvalue weighted by Gasteiger charge is -2.11. The minimum absolute atomic E-state index is 0.0880. The molecule has 8 nitrogen and oxygen atoms in total. The van der Waals surface area contributed by atoms with Crippen LogP contribution in [0.25, 0.3) is 10.6 Å². The van der Waals surface area contributed by atoms with Crippen molar-refractivity contribution in [3.8, 4) is 17.2 Å². The minimum Gasteiger partial charge on any atom is -0.497 e. The number of rotatable bonds is 8. The number of methoxy groups -OCH3 is 1. The van der Waals surface area contributed by atoms with E-state index in [0.717, 1.165) is 11.4 Å². The van der Waals surface area contributed by atoms with Crippen LogP contribution in [0.1, 0.15) is 11.5 Å². The summed E-state index contributed by atoms with van der Waals surface area (Å²) < 4.78 is 14.6. The number of fused-ring (bicyclic) bond motifs is 1. The van der Waals surface area contributed by atoms with Gasteiger partial charge in [-0.05, 0) is 36.4 Å². The molecule has 3 heterocycles. The Kier molecular flexibility index (Phi) is 6.09. The molecule has 2 aromatic carbocycles. The van der Waals surface area contributed by atoms with Crippen LogP contribution >= 0.6 is 23.1 Å². The monoisotopic (exact) mass is 477 g/mol. The quantitative estimate of drug-likeness (QED) is 0.310. The van der Waals surface area contributed by atoms with Crippen LogP contribution in [0.5, 0.6) is 11.5 Å². The molecule has 0 spiro atoms. The van der Waals surface area contributed by atoms with Gasteiger partial charge >= 0.3 is 0 Å². The SMILES string of the molecule is COc1ccc(OCc2nnc(SCc3cc(=O)n4ccsc4n3)n2-c2ccccc2)cc1. The van der Waals surface area contributed by atoms with Crippen LogP contribution in [0, 0.1) is 0 Å². The van der Waals surface area contributed by atoms with Crippen molar-refractivity contribution < 1.29 is 9.47 Å². The number of hydrogen-bond donors (Lipinski definition) is 0. The second-order valence-electron chi connectivity index (χ2n) is 6.96. The van der Waals surface area contributed by atoms with Crippen molar-refractivity contribution in [2.75, 3.05) is 7.11 Å². The molecule has 3 aromatic heterocycles. The van der Waals surface area contributed by atoms with Gasteiger partial charge in [0.25, 0.3) is 5.56 Å². The standard InChI is InChI=1S/C23H19N5O3S2/c1-30-18-7-9-19(10-8-18)31-14-20-25-26-23(28(20)17-5-3-2-4-6-17)33-15-16-13-21(29)27-11-12-32-22(27)24-16/h2-13H,14-15H2,1H3. The van der Waals surface area contributed by atoms with Crippen molar-refractivity contribution in [2.24, 2.45) is 0 Å². The van der Waals surface area contributed by atoms with Crippen molar-refractivity contribution in [1.82, 2.24) is 24.1 Å². The highest BCUT2D eigenvalue weighted by molar-refractivity contribution is 7.98. The average Bonchev–Trinajstić information content (AvgIpc) is 3.49. The van der Waals surface area contributed by atoms with E-state index < -0.39 is 0 Å². The molecule has 0 saturated carbocycles. The van der Waals surface area contributed by atoms with Crippen LogP contribution < -0.4 is 15.0 Å². The van der Waals surface area contributed by atoms with Crippen LogP contribution in [0.3, 0.4) is 0 Å². The fourth-order valence-corrected chi connectivity index (χ4v) is 4.85. The van der Waals surface area contributed by atoms with Gasteiger partial charge < -0.3 is 9.47 Å². The normalized spacial score (nSPS) is 11.1. The lowest BCUT2D eigenvalue weighted by molar-refractivity contribution is 0.292. The van der Waals surface area contributed by atoms with E-state index in [4.69, 9.17) is 9.47 Å². The van der Waals surface area contributed by atoms with Gasteiger partial charge in [0.2, 0.25) is 0 Å². The van der Waals surface area contributed by atoms with E-state index in [1.54, 1.807) is 23.8 Å². The van der Waals surface area contributed by atoms with Crippen molar-refractivity contribution in [3.05, 3.63) is 94.1 Å². The topological polar surface area (TPSA) is 83.5 Å². The highest BCUT2D eigenvalue weighted by atomic mass is 32.2. The highest BCUT2D eigenvalue weighted by Crippen LogP contribution is 2.26. The highest BCUT2D eigenvalue weighted by Gasteiger charge is 2.16. The molecule has 0 fully saturated rings. The summed E-state index contributed by atoms with van der Waals surface area (Å²) in [6, 6.07) is 18.8. The van der Waals surface area contributed by atoms with Crippen LogP contribution in [0.4, 0.5) is 0 Å². The van der Waals surface area contributed by atoms with Crippen LogP contribution in [-0.2, 0) is 12.4 Å². The van der Waals surface area contributed by atoms with Gasteiger partial charge in [0, 0.05) is 29.1 Å². The first-order chi connectivity index (χ1) is 16.2. The van der Waals surface area contributed by atoms with Crippen molar-refractivity contribution in [2.45, 2.75) is 17.5 Å². The lowest BCUT2D eigenvalue weighted by atomic mass is 10.3. The van der Waals surface area contributed by atoms with Crippen molar-refractivity contribution in [3.63, 3.8) is 0 Å². The number of ether oxygens (including phenoxy) is 2. The molecule has 0 aliphatic heterocycles. The van der Waals surface area contributed by atoms with Gasteiger partial charge in [-0.3, -0.25) is 13.8 Å². The molecule has 0 atom stereocenters. The predicted octanol–water partition coefficient (Wildman–Crippen LogP) is 4.22. The maximum absolute atomic E-state index is 12.3. The van der Waals surface area contributed by atoms with E-state index in [9.17, 15) is 4.79 Å². The Morgan fingerprint density at radius 2 is 1.82 bits per heavy atom. The van der Waals surface area contributed by atoms with Gasteiger partial charge in [-0.2, -0.15) is 0 Å². The Bertz CT molecular complexity index is 1430. The number of benzene rings is 2. The zero-order chi connectivity index (χ0) is 22.6. The Hall–Kier alpha value is -3.63. The van der Waals surface area contributed by atoms with E-state index in [1.807, 2.05) is 64.5 Å². The minimum atomic E-state index is -0.0880. The Balaban J connectivity index is 1.39. The Morgan fingerprint density at radius 3 is 2.61 bits per heavy atom. The number of hydrogen-bond acceptors (Lipinski definition) is 8. The van der Waals surface area contributed by atoms with Gasteiger partial charge in [-0.25, -0.2) is 4.98 Å². The van der Waals surface area contributed by atoms with E-state index in [2.05, 4.69) is 15.2 Å². The number of thioether (sulfide) groups is 1. The summed E-state index contributed by atoms with van der Waals surface area (Å²) in [5, 5.41) is 11.3. The molecule has 33 heavy (non-hydrogen) atoms. The summed E-state index contributed by atoms with van der Waals surface area (Å²) in [6.45, 7) is 0.246. The summed E-state index contributed by atoms with van der Waals surface area (Å²) in [7, 11) is 1.63. The molecule has 5 aromatic rings. The number of para-hydroxylation sites is 1. The summed E-state index contributed by atoms with van der Waals surface area (Å²) in [4.78, 5) is 17.5. The van der Waals surface area contributed by atoms with E-state index in [-0.39, 0.29) is 12.2 Å². The third-order valence-electron chi connectivity index (χ3n) is 4.85. The van der Waals surface area contributed by atoms with Crippen molar-refractivity contribution >= 4 is 28.1 Å². The van der Waals surface area contributed by atoms with Crippen LogP contribution in [-0.4, -0.2) is 31.3 Å². The molecule has 0 aliphatic rings. The first-order valence-corrected chi connectivity index (χ1v) is 11.9. The zero-order valence-electron chi connectivity index (χ0n) is 17.6. The second kappa shape index (κ2) is 9.47. The molecular formula is C23H19N5O3S2. The van der Waals surface area contributed by atoms with Gasteiger partial charge in [0.1, 0.15) is 18.1 Å². The summed E-state index contributed by atoms with van der Waals surface area (Å²) in [5.41, 5.74) is 1.54. The molecular weight excluding hydrogens is 458 g/mol. The first kappa shape index (κ1) is 21.2. The molecule has 0 amide bonds. The fourth-order valence-electron chi connectivity index (χ4n) is 3.24. The molecule has 0 unspecified atom stereocenters. The fraction of sp³-hybridized carbons (Fsp3) is 0.130. The molecule has 10 heteroatoms. The van der Waals surface area contributed by atoms with Gasteiger partial charge in [0.05, 0.1) is 12.8 Å². The van der Waals surface area contributed by atoms with Gasteiger partial charge in [-0.1, -0.05) is 30.0 Å². The third-order valence-corrected chi connectivity index (χ3v) is 6.57. The maximum Gasteiger partial charge on any atom is 0.258 e. The molecule has 5 rings (SSSR count). The Labute approximate surface area is 197 Å². The molecule has 0 aliphatic carbocycles. The summed E-state index contributed by atoms with van der Waals surface area (Å²) in [5.74, 6) is 2.64. The Morgan fingerprint density at radius 1 is 1.03 bits per heavy atom. The molecule has 0 bridgehead atoms. The van der Waals surface area contributed by atoms with Gasteiger partial charge in [0.15, 0.2) is 15.9 Å². The van der Waals surface area contributed by atoms with E-state index >= 15 is 0 Å². The van der Waals surface area contributed by atoms with Gasteiger partial charge in [-0.15, -0.1) is 21.5 Å². The lowest BCUT2D eigenvalue weighted by Crippen LogP contribution is -2.12. The smallest absolute Gasteiger partial charge is 0.258 e. The average molecular weight is 478 g/mol. The number of aromatic nitrogens is 5. The van der Waals surface area contributed by atoms with E-state index in [1.165, 1.54) is 23.1 Å². The first-order valence-electron chi connectivity index (χ1n) is 10.1. The predicted molar refractivity (Wildman–Crippen MR) is 128 cm³/mol. The molecule has 0 saturated heterocycles. The van der Waals surface area contributed by atoms with Crippen LogP contribution in [0.2, 0.25) is 0 Å².